The molecule has 1 unspecified atom stereocenters. The van der Waals surface area contributed by atoms with Gasteiger partial charge in [-0.2, -0.15) is 0 Å². The van der Waals surface area contributed by atoms with Crippen LogP contribution in [-0.4, -0.2) is 46.2 Å². The molecule has 1 atom stereocenters. The summed E-state index contributed by atoms with van der Waals surface area (Å²) in [5.41, 5.74) is 0. The molecule has 6 nitrogen and oxygen atoms in total. The second-order valence-corrected chi connectivity index (χ2v) is 7.26. The molecule has 0 spiro atoms. The fourth-order valence-corrected chi connectivity index (χ4v) is 3.76. The number of nitrogens with one attached hydrogen (secondary N) is 1. The highest BCUT2D eigenvalue weighted by atomic mass is 32.2. The molecule has 1 N–H and O–H groups in total. The molecule has 1 aliphatic heterocycles. The third-order valence-electron chi connectivity index (χ3n) is 3.93. The molecule has 1 aromatic heterocycles. The van der Waals surface area contributed by atoms with Crippen LogP contribution in [0.1, 0.15) is 11.8 Å². The lowest BCUT2D eigenvalue weighted by molar-refractivity contribution is 0.0128. The number of benzene rings is 1. The maximum Gasteiger partial charge on any atom is 0.240 e. The number of morpholine rings is 1. The largest absolute Gasteiger partial charge is 0.468 e. The highest BCUT2D eigenvalue weighted by Crippen LogP contribution is 2.22. The number of rotatable bonds is 6. The topological polar surface area (TPSA) is 71.8 Å². The molecule has 3 rings (SSSR count). The zero-order valence-electron chi connectivity index (χ0n) is 13.0. The first-order valence-electron chi connectivity index (χ1n) is 7.67. The van der Waals surface area contributed by atoms with Gasteiger partial charge in [0.05, 0.1) is 30.4 Å². The number of halogens is 1. The Morgan fingerprint density at radius 2 is 2.00 bits per heavy atom. The summed E-state index contributed by atoms with van der Waals surface area (Å²) in [6.45, 7) is 2.69. The van der Waals surface area contributed by atoms with Crippen LogP contribution in [0, 0.1) is 5.82 Å². The van der Waals surface area contributed by atoms with Crippen LogP contribution in [0.15, 0.2) is 52.0 Å². The Kier molecular flexibility index (Phi) is 5.30. The van der Waals surface area contributed by atoms with Gasteiger partial charge < -0.3 is 9.15 Å². The van der Waals surface area contributed by atoms with Crippen LogP contribution in [0.25, 0.3) is 0 Å². The molecule has 8 heteroatoms. The van der Waals surface area contributed by atoms with Crippen molar-refractivity contribution in [3.63, 3.8) is 0 Å². The second-order valence-electron chi connectivity index (χ2n) is 5.49. The Balaban J connectivity index is 1.75. The van der Waals surface area contributed by atoms with Crippen molar-refractivity contribution in [3.05, 3.63) is 54.2 Å². The minimum absolute atomic E-state index is 0.0947. The number of ether oxygens (including phenoxy) is 1. The van der Waals surface area contributed by atoms with Gasteiger partial charge in [-0.1, -0.05) is 6.07 Å². The van der Waals surface area contributed by atoms with E-state index >= 15 is 0 Å². The molecular formula is C16H19FN2O4S. The molecule has 1 fully saturated rings. The van der Waals surface area contributed by atoms with Crippen LogP contribution >= 0.6 is 0 Å². The minimum Gasteiger partial charge on any atom is -0.468 e. The highest BCUT2D eigenvalue weighted by molar-refractivity contribution is 7.89. The summed E-state index contributed by atoms with van der Waals surface area (Å²) in [7, 11) is -3.80. The van der Waals surface area contributed by atoms with Crippen molar-refractivity contribution in [1.29, 1.82) is 0 Å². The van der Waals surface area contributed by atoms with Crippen molar-refractivity contribution >= 4 is 10.0 Å². The van der Waals surface area contributed by atoms with E-state index in [1.807, 2.05) is 6.07 Å². The molecule has 0 bridgehead atoms. The van der Waals surface area contributed by atoms with E-state index in [4.69, 9.17) is 9.15 Å². The van der Waals surface area contributed by atoms with E-state index in [-0.39, 0.29) is 17.5 Å². The maximum absolute atomic E-state index is 13.3. The first-order valence-corrected chi connectivity index (χ1v) is 9.15. The average molecular weight is 354 g/mol. The molecular weight excluding hydrogens is 335 g/mol. The van der Waals surface area contributed by atoms with Crippen LogP contribution in [-0.2, 0) is 14.8 Å². The zero-order valence-corrected chi connectivity index (χ0v) is 13.8. The number of furan rings is 1. The van der Waals surface area contributed by atoms with Gasteiger partial charge in [-0.3, -0.25) is 4.90 Å². The van der Waals surface area contributed by atoms with Crippen molar-refractivity contribution in [2.75, 3.05) is 32.8 Å². The quantitative estimate of drug-likeness (QED) is 0.856. The third-order valence-corrected chi connectivity index (χ3v) is 5.35. The Labute approximate surface area is 140 Å². The summed E-state index contributed by atoms with van der Waals surface area (Å²) in [5.74, 6) is 0.0903. The standard InChI is InChI=1S/C16H19FN2O4S/c17-13-3-1-4-14(11-13)24(20,21)18-12-15(16-5-2-8-23-16)19-6-9-22-10-7-19/h1-5,8,11,15,18H,6-7,9-10,12H2. The lowest BCUT2D eigenvalue weighted by atomic mass is 10.2. The minimum atomic E-state index is -3.80. The Morgan fingerprint density at radius 1 is 1.21 bits per heavy atom. The lowest BCUT2D eigenvalue weighted by Crippen LogP contribution is -2.43. The molecule has 0 aliphatic carbocycles. The number of sulfonamides is 1. The van der Waals surface area contributed by atoms with Gasteiger partial charge in [0.1, 0.15) is 11.6 Å². The summed E-state index contributed by atoms with van der Waals surface area (Å²) in [4.78, 5) is 2.01. The molecule has 2 heterocycles. The van der Waals surface area contributed by atoms with Gasteiger partial charge in [-0.05, 0) is 30.3 Å². The monoisotopic (exact) mass is 354 g/mol. The van der Waals surface area contributed by atoms with E-state index in [1.54, 1.807) is 12.3 Å². The fourth-order valence-electron chi connectivity index (χ4n) is 2.69. The van der Waals surface area contributed by atoms with Crippen molar-refractivity contribution in [2.45, 2.75) is 10.9 Å². The Morgan fingerprint density at radius 3 is 2.67 bits per heavy atom. The zero-order chi connectivity index (χ0) is 17.0. The van der Waals surface area contributed by atoms with E-state index in [1.165, 1.54) is 18.2 Å². The van der Waals surface area contributed by atoms with Gasteiger partial charge in [0.2, 0.25) is 10.0 Å². The molecule has 0 radical (unpaired) electrons. The van der Waals surface area contributed by atoms with Crippen molar-refractivity contribution in [2.24, 2.45) is 0 Å². The molecule has 130 valence electrons. The van der Waals surface area contributed by atoms with Crippen LogP contribution in [0.3, 0.4) is 0 Å². The maximum atomic E-state index is 13.3. The fraction of sp³-hybridized carbons (Fsp3) is 0.375. The van der Waals surface area contributed by atoms with Crippen LogP contribution in [0.4, 0.5) is 4.39 Å². The van der Waals surface area contributed by atoms with Crippen LogP contribution in [0.2, 0.25) is 0 Å². The van der Waals surface area contributed by atoms with E-state index in [2.05, 4.69) is 9.62 Å². The van der Waals surface area contributed by atoms with Gasteiger partial charge in [0, 0.05) is 19.6 Å². The molecule has 1 aliphatic rings. The van der Waals surface area contributed by atoms with Crippen molar-refractivity contribution < 1.29 is 22.0 Å². The number of hydrogen-bond donors (Lipinski definition) is 1. The van der Waals surface area contributed by atoms with Crippen LogP contribution < -0.4 is 4.72 Å². The van der Waals surface area contributed by atoms with Gasteiger partial charge in [-0.15, -0.1) is 0 Å². The van der Waals surface area contributed by atoms with Gasteiger partial charge in [0.15, 0.2) is 0 Å². The van der Waals surface area contributed by atoms with E-state index in [9.17, 15) is 12.8 Å². The van der Waals surface area contributed by atoms with E-state index < -0.39 is 15.8 Å². The molecule has 2 aromatic rings. The number of nitrogens with zero attached hydrogens (tertiary/aromatic N) is 1. The first-order chi connectivity index (χ1) is 11.6. The molecule has 1 saturated heterocycles. The van der Waals surface area contributed by atoms with Gasteiger partial charge in [0.25, 0.3) is 0 Å². The first kappa shape index (κ1) is 17.1. The summed E-state index contributed by atoms with van der Waals surface area (Å²) in [6, 6.07) is 8.28. The molecule has 24 heavy (non-hydrogen) atoms. The van der Waals surface area contributed by atoms with E-state index in [0.717, 1.165) is 6.07 Å². The van der Waals surface area contributed by atoms with Crippen LogP contribution in [0.5, 0.6) is 0 Å². The smallest absolute Gasteiger partial charge is 0.240 e. The summed E-state index contributed by atoms with van der Waals surface area (Å²) >= 11 is 0. The van der Waals surface area contributed by atoms with Crippen molar-refractivity contribution in [3.8, 4) is 0 Å². The van der Waals surface area contributed by atoms with E-state index in [0.29, 0.717) is 32.1 Å². The summed E-state index contributed by atoms with van der Waals surface area (Å²) < 4.78 is 51.4. The average Bonchev–Trinajstić information content (AvgIpc) is 3.10. The summed E-state index contributed by atoms with van der Waals surface area (Å²) in [6.07, 6.45) is 1.56. The normalized spacial score (nSPS) is 17.7. The Bertz CT molecular complexity index is 758. The highest BCUT2D eigenvalue weighted by Gasteiger charge is 2.27. The lowest BCUT2D eigenvalue weighted by Gasteiger charge is -2.33. The molecule has 0 amide bonds. The second kappa shape index (κ2) is 7.43. The third kappa shape index (κ3) is 4.02. The predicted molar refractivity (Wildman–Crippen MR) is 85.4 cm³/mol. The van der Waals surface area contributed by atoms with Gasteiger partial charge >= 0.3 is 0 Å². The molecule has 0 saturated carbocycles. The van der Waals surface area contributed by atoms with Crippen molar-refractivity contribution in [1.82, 2.24) is 9.62 Å². The molecule has 1 aromatic carbocycles. The Hall–Kier alpha value is -1.74. The number of hydrogen-bond acceptors (Lipinski definition) is 5. The predicted octanol–water partition coefficient (Wildman–Crippen LogP) is 1.77. The summed E-state index contributed by atoms with van der Waals surface area (Å²) in [5, 5.41) is 0. The SMILES string of the molecule is O=S(=O)(NCC(c1ccco1)N1CCOCC1)c1cccc(F)c1. The van der Waals surface area contributed by atoms with Gasteiger partial charge in [-0.25, -0.2) is 17.5 Å².